The van der Waals surface area contributed by atoms with E-state index in [0.717, 1.165) is 24.4 Å². The fourth-order valence-electron chi connectivity index (χ4n) is 0.905. The molecule has 2 heteroatoms. The van der Waals surface area contributed by atoms with Crippen LogP contribution in [0.3, 0.4) is 0 Å². The minimum Gasteiger partial charge on any atom is -0.332 e. The molecule has 0 aromatic rings. The Morgan fingerprint density at radius 3 is 2.09 bits per heavy atom. The minimum absolute atomic E-state index is 0.645. The first-order chi connectivity index (χ1) is 5.06. The highest BCUT2D eigenvalue weighted by Crippen LogP contribution is 2.08. The Labute approximate surface area is 70.7 Å². The van der Waals surface area contributed by atoms with E-state index in [4.69, 9.17) is 4.74 Å². The molecule has 0 saturated carbocycles. The lowest BCUT2D eigenvalue weighted by Crippen LogP contribution is -2.50. The van der Waals surface area contributed by atoms with Crippen LogP contribution in [-0.4, -0.2) is 37.5 Å². The third-order valence-corrected chi connectivity index (χ3v) is 2.56. The van der Waals surface area contributed by atoms with Gasteiger partial charge in [0.2, 0.25) is 0 Å². The summed E-state index contributed by atoms with van der Waals surface area (Å²) in [5, 5.41) is 0. The summed E-state index contributed by atoms with van der Waals surface area (Å²) in [4.78, 5) is 0. The molecular weight excluding hydrogens is 138 g/mol. The van der Waals surface area contributed by atoms with Crippen molar-refractivity contribution in [2.45, 2.75) is 33.7 Å². The molecule has 0 amide bonds. The molecule has 0 N–H and O–H groups in total. The maximum absolute atomic E-state index is 5.42. The Kier molecular flexibility index (Phi) is 4.69. The van der Waals surface area contributed by atoms with Crippen molar-refractivity contribution >= 4 is 0 Å². The molecule has 0 rings (SSSR count). The Hall–Kier alpha value is -0.0800. The van der Waals surface area contributed by atoms with Gasteiger partial charge in [-0.3, -0.25) is 0 Å². The second-order valence-electron chi connectivity index (χ2n) is 3.51. The normalized spacial score (nSPS) is 16.9. The smallest absolute Gasteiger partial charge is 0.183 e. The number of nitrogens with zero attached hydrogens (tertiary/aromatic N) is 1. The van der Waals surface area contributed by atoms with Gasteiger partial charge in [0.1, 0.15) is 0 Å². The second kappa shape index (κ2) is 4.73. The zero-order chi connectivity index (χ0) is 8.91. The van der Waals surface area contributed by atoms with Crippen LogP contribution in [0, 0.1) is 0 Å². The van der Waals surface area contributed by atoms with Crippen molar-refractivity contribution in [1.82, 2.24) is 0 Å². The maximum atomic E-state index is 5.42. The standard InChI is InChI=1S/C9H22NO/c1-6-10(5,9(3)4)8-11-7-2/h9H,6-8H2,1-5H3/q+1. The van der Waals surface area contributed by atoms with Gasteiger partial charge in [0.05, 0.1) is 19.6 Å². The molecule has 0 aliphatic carbocycles. The van der Waals surface area contributed by atoms with Crippen molar-refractivity contribution in [3.8, 4) is 0 Å². The lowest BCUT2D eigenvalue weighted by Gasteiger charge is -2.36. The molecule has 0 bridgehead atoms. The van der Waals surface area contributed by atoms with Crippen LogP contribution in [0.4, 0.5) is 0 Å². The van der Waals surface area contributed by atoms with Crippen molar-refractivity contribution in [2.24, 2.45) is 0 Å². The second-order valence-corrected chi connectivity index (χ2v) is 3.51. The molecule has 0 aromatic carbocycles. The van der Waals surface area contributed by atoms with Crippen molar-refractivity contribution < 1.29 is 9.22 Å². The predicted octanol–water partition coefficient (Wildman–Crippen LogP) is 1.86. The topological polar surface area (TPSA) is 9.23 Å². The third kappa shape index (κ3) is 3.21. The summed E-state index contributed by atoms with van der Waals surface area (Å²) >= 11 is 0. The van der Waals surface area contributed by atoms with Crippen molar-refractivity contribution in [1.29, 1.82) is 0 Å². The summed E-state index contributed by atoms with van der Waals surface area (Å²) in [7, 11) is 2.24. The van der Waals surface area contributed by atoms with E-state index in [2.05, 4.69) is 27.8 Å². The molecule has 0 heterocycles. The molecule has 1 unspecified atom stereocenters. The molecule has 0 saturated heterocycles. The average molecular weight is 160 g/mol. The molecule has 0 aromatic heterocycles. The zero-order valence-corrected chi connectivity index (χ0v) is 8.55. The highest BCUT2D eigenvalue weighted by Gasteiger charge is 2.22. The van der Waals surface area contributed by atoms with Gasteiger partial charge in [0.15, 0.2) is 6.73 Å². The number of quaternary nitrogens is 1. The monoisotopic (exact) mass is 160 g/mol. The van der Waals surface area contributed by atoms with E-state index in [9.17, 15) is 0 Å². The van der Waals surface area contributed by atoms with Gasteiger partial charge in [0, 0.05) is 6.61 Å². The van der Waals surface area contributed by atoms with Crippen molar-refractivity contribution in [2.75, 3.05) is 26.9 Å². The molecule has 0 aliphatic heterocycles. The van der Waals surface area contributed by atoms with E-state index in [1.165, 1.54) is 0 Å². The molecular formula is C9H22NO+. The quantitative estimate of drug-likeness (QED) is 0.440. The third-order valence-electron chi connectivity index (χ3n) is 2.56. The first-order valence-electron chi connectivity index (χ1n) is 4.48. The van der Waals surface area contributed by atoms with Crippen LogP contribution in [0.2, 0.25) is 0 Å². The highest BCUT2D eigenvalue weighted by molar-refractivity contribution is 4.38. The fourth-order valence-corrected chi connectivity index (χ4v) is 0.905. The van der Waals surface area contributed by atoms with Crippen LogP contribution in [0.1, 0.15) is 27.7 Å². The number of ether oxygens (including phenoxy) is 1. The fraction of sp³-hybridized carbons (Fsp3) is 1.00. The van der Waals surface area contributed by atoms with Gasteiger partial charge in [-0.2, -0.15) is 0 Å². The Morgan fingerprint density at radius 2 is 1.82 bits per heavy atom. The van der Waals surface area contributed by atoms with Gasteiger partial charge in [-0.15, -0.1) is 0 Å². The molecule has 1 atom stereocenters. The first kappa shape index (κ1) is 10.9. The van der Waals surface area contributed by atoms with Crippen LogP contribution < -0.4 is 0 Å². The molecule has 68 valence electrons. The summed E-state index contributed by atoms with van der Waals surface area (Å²) in [6.07, 6.45) is 0. The predicted molar refractivity (Wildman–Crippen MR) is 48.4 cm³/mol. The van der Waals surface area contributed by atoms with Gasteiger partial charge in [-0.25, -0.2) is 0 Å². The van der Waals surface area contributed by atoms with Gasteiger partial charge in [-0.05, 0) is 27.7 Å². The Morgan fingerprint density at radius 1 is 1.27 bits per heavy atom. The van der Waals surface area contributed by atoms with Crippen LogP contribution in [-0.2, 0) is 4.74 Å². The van der Waals surface area contributed by atoms with E-state index >= 15 is 0 Å². The van der Waals surface area contributed by atoms with Crippen LogP contribution in [0.25, 0.3) is 0 Å². The van der Waals surface area contributed by atoms with Crippen molar-refractivity contribution in [3.63, 3.8) is 0 Å². The average Bonchev–Trinajstić information content (AvgIpc) is 2.00. The SMILES string of the molecule is CCOC[N+](C)(CC)C(C)C. The summed E-state index contributed by atoms with van der Waals surface area (Å²) in [5.74, 6) is 0. The van der Waals surface area contributed by atoms with Gasteiger partial charge in [0.25, 0.3) is 0 Å². The van der Waals surface area contributed by atoms with E-state index < -0.39 is 0 Å². The van der Waals surface area contributed by atoms with Crippen LogP contribution in [0.15, 0.2) is 0 Å². The van der Waals surface area contributed by atoms with Crippen LogP contribution >= 0.6 is 0 Å². The summed E-state index contributed by atoms with van der Waals surface area (Å²) in [6.45, 7) is 11.5. The van der Waals surface area contributed by atoms with E-state index in [1.807, 2.05) is 6.92 Å². The lowest BCUT2D eigenvalue weighted by molar-refractivity contribution is -0.945. The molecule has 0 fully saturated rings. The molecule has 0 aliphatic rings. The summed E-state index contributed by atoms with van der Waals surface area (Å²) < 4.78 is 6.43. The largest absolute Gasteiger partial charge is 0.332 e. The Bertz CT molecular complexity index is 104. The minimum atomic E-state index is 0.645. The van der Waals surface area contributed by atoms with Gasteiger partial charge < -0.3 is 9.22 Å². The highest BCUT2D eigenvalue weighted by atomic mass is 16.5. The summed E-state index contributed by atoms with van der Waals surface area (Å²) in [5.41, 5.74) is 0. The molecule has 2 nitrogen and oxygen atoms in total. The van der Waals surface area contributed by atoms with Crippen molar-refractivity contribution in [3.05, 3.63) is 0 Å². The number of hydrogen-bond donors (Lipinski definition) is 0. The molecule has 0 spiro atoms. The number of rotatable bonds is 5. The van der Waals surface area contributed by atoms with Gasteiger partial charge >= 0.3 is 0 Å². The van der Waals surface area contributed by atoms with E-state index in [0.29, 0.717) is 6.04 Å². The first-order valence-corrected chi connectivity index (χ1v) is 4.48. The maximum Gasteiger partial charge on any atom is 0.183 e. The summed E-state index contributed by atoms with van der Waals surface area (Å²) in [6, 6.07) is 0.645. The number of hydrogen-bond acceptors (Lipinski definition) is 1. The lowest BCUT2D eigenvalue weighted by atomic mass is 10.3. The van der Waals surface area contributed by atoms with Gasteiger partial charge in [-0.1, -0.05) is 0 Å². The zero-order valence-electron chi connectivity index (χ0n) is 8.55. The van der Waals surface area contributed by atoms with Crippen LogP contribution in [0.5, 0.6) is 0 Å². The molecule has 11 heavy (non-hydrogen) atoms. The Balaban J connectivity index is 3.88. The van der Waals surface area contributed by atoms with E-state index in [-0.39, 0.29) is 0 Å². The molecule has 0 radical (unpaired) electrons. The van der Waals surface area contributed by atoms with E-state index in [1.54, 1.807) is 0 Å².